The third kappa shape index (κ3) is 3.93. The average Bonchev–Trinajstić information content (AvgIpc) is 2.85. The van der Waals surface area contributed by atoms with E-state index >= 15 is 0 Å². The number of alkyl carbamates (subject to hydrolysis) is 1. The second-order valence-corrected chi connectivity index (χ2v) is 5.06. The van der Waals surface area contributed by atoms with E-state index in [9.17, 15) is 19.2 Å². The predicted octanol–water partition coefficient (Wildman–Crippen LogP) is 0.0117. The molecular formula is C13H20N2O6. The maximum atomic E-state index is 12.5. The van der Waals surface area contributed by atoms with E-state index in [0.717, 1.165) is 4.90 Å². The average molecular weight is 300 g/mol. The van der Waals surface area contributed by atoms with Crippen molar-refractivity contribution >= 4 is 23.8 Å². The summed E-state index contributed by atoms with van der Waals surface area (Å²) in [6.07, 6.45) is -0.377. The number of carboxylic acids is 1. The minimum Gasteiger partial charge on any atom is -0.480 e. The van der Waals surface area contributed by atoms with Crippen LogP contribution < -0.4 is 5.32 Å². The lowest BCUT2D eigenvalue weighted by Gasteiger charge is -2.29. The maximum Gasteiger partial charge on any atom is 0.407 e. The van der Waals surface area contributed by atoms with Gasteiger partial charge in [0.25, 0.3) is 0 Å². The molecule has 2 amide bonds. The zero-order chi connectivity index (χ0) is 16.2. The maximum absolute atomic E-state index is 12.5. The topological polar surface area (TPSA) is 113 Å². The molecule has 1 aliphatic rings. The molecule has 8 heteroatoms. The van der Waals surface area contributed by atoms with Gasteiger partial charge >= 0.3 is 12.1 Å². The van der Waals surface area contributed by atoms with Crippen molar-refractivity contribution in [1.29, 1.82) is 0 Å². The fraction of sp³-hybridized carbons (Fsp3) is 0.692. The van der Waals surface area contributed by atoms with Crippen molar-refractivity contribution < 1.29 is 29.0 Å². The second kappa shape index (κ2) is 7.05. The first-order valence-electron chi connectivity index (χ1n) is 6.71. The van der Waals surface area contributed by atoms with Crippen LogP contribution in [-0.2, 0) is 19.1 Å². The molecule has 1 rings (SSSR count). The highest BCUT2D eigenvalue weighted by atomic mass is 16.5. The highest BCUT2D eigenvalue weighted by Crippen LogP contribution is 2.19. The van der Waals surface area contributed by atoms with Gasteiger partial charge in [0, 0.05) is 6.42 Å². The minimum absolute atomic E-state index is 0.202. The molecular weight excluding hydrogens is 280 g/mol. The van der Waals surface area contributed by atoms with E-state index < -0.39 is 30.1 Å². The first-order chi connectivity index (χ1) is 9.81. The molecule has 0 aromatic rings. The van der Waals surface area contributed by atoms with Gasteiger partial charge in [0.05, 0.1) is 13.7 Å². The highest BCUT2D eigenvalue weighted by molar-refractivity contribution is 5.98. The molecule has 3 atom stereocenters. The molecule has 118 valence electrons. The van der Waals surface area contributed by atoms with Crippen molar-refractivity contribution in [3.05, 3.63) is 0 Å². The van der Waals surface area contributed by atoms with E-state index in [0.29, 0.717) is 6.42 Å². The van der Waals surface area contributed by atoms with E-state index in [-0.39, 0.29) is 24.7 Å². The Labute approximate surface area is 122 Å². The lowest BCUT2D eigenvalue weighted by Crippen LogP contribution is -2.54. The molecule has 1 aliphatic heterocycles. The summed E-state index contributed by atoms with van der Waals surface area (Å²) in [4.78, 5) is 47.5. The van der Waals surface area contributed by atoms with Crippen LogP contribution >= 0.6 is 0 Å². The molecule has 0 bridgehead atoms. The standard InChI is InChI=1S/C13H20N2O6/c1-4-7(2)10(14-13(20)21-3)11(17)15-6-8(16)5-9(15)12(18)19/h7,9-10H,4-6H2,1-3H3,(H,14,20)(H,18,19). The van der Waals surface area contributed by atoms with Crippen LogP contribution in [0.15, 0.2) is 0 Å². The number of ether oxygens (including phenoxy) is 1. The van der Waals surface area contributed by atoms with Crippen LogP contribution in [0.25, 0.3) is 0 Å². The van der Waals surface area contributed by atoms with Gasteiger partial charge in [0.2, 0.25) is 5.91 Å². The lowest BCUT2D eigenvalue weighted by atomic mass is 9.97. The normalized spacial score (nSPS) is 20.8. The first kappa shape index (κ1) is 16.9. The van der Waals surface area contributed by atoms with E-state index in [1.54, 1.807) is 6.92 Å². The molecule has 0 aliphatic carbocycles. The van der Waals surface area contributed by atoms with Gasteiger partial charge in [0.1, 0.15) is 12.1 Å². The number of ketones is 1. The fourth-order valence-corrected chi connectivity index (χ4v) is 2.19. The number of carbonyl (C=O) groups excluding carboxylic acids is 3. The van der Waals surface area contributed by atoms with Crippen LogP contribution in [-0.4, -0.2) is 59.5 Å². The number of rotatable bonds is 5. The van der Waals surface area contributed by atoms with E-state index in [1.807, 2.05) is 6.92 Å². The van der Waals surface area contributed by atoms with Crippen LogP contribution in [0.2, 0.25) is 0 Å². The summed E-state index contributed by atoms with van der Waals surface area (Å²) in [7, 11) is 1.17. The van der Waals surface area contributed by atoms with Crippen molar-refractivity contribution in [2.45, 2.75) is 38.8 Å². The molecule has 0 saturated carbocycles. The Hall–Kier alpha value is -2.12. The summed E-state index contributed by atoms with van der Waals surface area (Å²) >= 11 is 0. The summed E-state index contributed by atoms with van der Waals surface area (Å²) in [5.41, 5.74) is 0. The number of nitrogens with one attached hydrogen (secondary N) is 1. The third-order valence-corrected chi connectivity index (χ3v) is 3.65. The van der Waals surface area contributed by atoms with Crippen LogP contribution in [0.3, 0.4) is 0 Å². The Morgan fingerprint density at radius 3 is 2.57 bits per heavy atom. The summed E-state index contributed by atoms with van der Waals surface area (Å²) in [6, 6.07) is -2.09. The van der Waals surface area contributed by atoms with E-state index in [1.165, 1.54) is 7.11 Å². The quantitative estimate of drug-likeness (QED) is 0.739. The number of amides is 2. The van der Waals surface area contributed by atoms with E-state index in [4.69, 9.17) is 5.11 Å². The van der Waals surface area contributed by atoms with Gasteiger partial charge in [0.15, 0.2) is 5.78 Å². The van der Waals surface area contributed by atoms with Crippen LogP contribution in [0, 0.1) is 5.92 Å². The zero-order valence-corrected chi connectivity index (χ0v) is 12.3. The van der Waals surface area contributed by atoms with Crippen molar-refractivity contribution in [2.24, 2.45) is 5.92 Å². The van der Waals surface area contributed by atoms with Gasteiger partial charge in [-0.05, 0) is 5.92 Å². The minimum atomic E-state index is -1.23. The number of aliphatic carboxylic acids is 1. The Kier molecular flexibility index (Phi) is 5.69. The molecule has 0 aromatic heterocycles. The number of hydrogen-bond donors (Lipinski definition) is 2. The molecule has 0 radical (unpaired) electrons. The molecule has 1 heterocycles. The summed E-state index contributed by atoms with van der Waals surface area (Å²) in [5, 5.41) is 11.5. The van der Waals surface area contributed by atoms with Crippen LogP contribution in [0.4, 0.5) is 4.79 Å². The summed E-state index contributed by atoms with van der Waals surface area (Å²) in [5.74, 6) is -2.33. The van der Waals surface area contributed by atoms with Gasteiger partial charge in [-0.3, -0.25) is 9.59 Å². The van der Waals surface area contributed by atoms with Crippen molar-refractivity contribution in [3.8, 4) is 0 Å². The highest BCUT2D eigenvalue weighted by Gasteiger charge is 2.42. The third-order valence-electron chi connectivity index (χ3n) is 3.65. The van der Waals surface area contributed by atoms with Crippen molar-refractivity contribution in [3.63, 3.8) is 0 Å². The van der Waals surface area contributed by atoms with Crippen molar-refractivity contribution in [1.82, 2.24) is 10.2 Å². The number of carbonyl (C=O) groups is 4. The predicted molar refractivity (Wildman–Crippen MR) is 71.5 cm³/mol. The Morgan fingerprint density at radius 1 is 1.48 bits per heavy atom. The van der Waals surface area contributed by atoms with Crippen LogP contribution in [0.5, 0.6) is 0 Å². The number of carboxylic acid groups (broad SMARTS) is 1. The van der Waals surface area contributed by atoms with E-state index in [2.05, 4.69) is 10.1 Å². The second-order valence-electron chi connectivity index (χ2n) is 5.06. The molecule has 0 aromatic carbocycles. The molecule has 3 unspecified atom stereocenters. The Balaban J connectivity index is 2.95. The number of methoxy groups -OCH3 is 1. The fourth-order valence-electron chi connectivity index (χ4n) is 2.19. The monoisotopic (exact) mass is 300 g/mol. The van der Waals surface area contributed by atoms with Gasteiger partial charge in [-0.25, -0.2) is 9.59 Å². The Bertz CT molecular complexity index is 450. The van der Waals surface area contributed by atoms with Crippen molar-refractivity contribution in [2.75, 3.05) is 13.7 Å². The van der Waals surface area contributed by atoms with Gasteiger partial charge in [-0.2, -0.15) is 0 Å². The van der Waals surface area contributed by atoms with Gasteiger partial charge < -0.3 is 20.1 Å². The SMILES string of the molecule is CCC(C)C(NC(=O)OC)C(=O)N1CC(=O)CC1C(=O)O. The number of Topliss-reactive ketones (excluding diaryl/α,β-unsaturated/α-hetero) is 1. The smallest absolute Gasteiger partial charge is 0.407 e. The number of hydrogen-bond acceptors (Lipinski definition) is 5. The molecule has 0 spiro atoms. The number of nitrogens with zero attached hydrogens (tertiary/aromatic N) is 1. The largest absolute Gasteiger partial charge is 0.480 e. The molecule has 1 fully saturated rings. The summed E-state index contributed by atoms with van der Waals surface area (Å²) < 4.78 is 4.48. The van der Waals surface area contributed by atoms with Gasteiger partial charge in [-0.1, -0.05) is 20.3 Å². The first-order valence-corrected chi connectivity index (χ1v) is 6.71. The molecule has 1 saturated heterocycles. The lowest BCUT2D eigenvalue weighted by molar-refractivity contribution is -0.149. The molecule has 21 heavy (non-hydrogen) atoms. The van der Waals surface area contributed by atoms with Crippen LogP contribution in [0.1, 0.15) is 26.7 Å². The Morgan fingerprint density at radius 2 is 2.10 bits per heavy atom. The summed E-state index contributed by atoms with van der Waals surface area (Å²) in [6.45, 7) is 3.35. The van der Waals surface area contributed by atoms with Gasteiger partial charge in [-0.15, -0.1) is 0 Å². The number of likely N-dealkylation sites (tertiary alicyclic amines) is 1. The zero-order valence-electron chi connectivity index (χ0n) is 12.3. The molecule has 8 nitrogen and oxygen atoms in total. The molecule has 2 N–H and O–H groups in total.